The second-order valence-corrected chi connectivity index (χ2v) is 4.50. The molecule has 0 amide bonds. The quantitative estimate of drug-likeness (QED) is 0.730. The first-order valence-corrected chi connectivity index (χ1v) is 5.88. The number of aliphatic hydroxyl groups is 1. The highest BCUT2D eigenvalue weighted by atomic mass is 16.4. The van der Waals surface area contributed by atoms with Crippen molar-refractivity contribution in [3.63, 3.8) is 0 Å². The van der Waals surface area contributed by atoms with Gasteiger partial charge in [-0.15, -0.1) is 0 Å². The van der Waals surface area contributed by atoms with Crippen LogP contribution in [0.4, 0.5) is 0 Å². The van der Waals surface area contributed by atoms with E-state index in [2.05, 4.69) is 0 Å². The third kappa shape index (κ3) is 2.33. The summed E-state index contributed by atoms with van der Waals surface area (Å²) in [5.41, 5.74) is 8.45. The van der Waals surface area contributed by atoms with E-state index in [0.717, 1.165) is 31.2 Å². The van der Waals surface area contributed by atoms with Crippen LogP contribution < -0.4 is 5.73 Å². The fraction of sp³-hybridized carbons (Fsp3) is 0.462. The summed E-state index contributed by atoms with van der Waals surface area (Å²) in [5, 5.41) is 18.8. The SMILES string of the molecule is NC(C(=O)O)C(O)c1cccc2c1CCCC2. The normalized spacial score (nSPS) is 18.2. The number of fused-ring (bicyclic) bond motifs is 1. The molecule has 0 spiro atoms. The van der Waals surface area contributed by atoms with Gasteiger partial charge in [-0.1, -0.05) is 18.2 Å². The van der Waals surface area contributed by atoms with Gasteiger partial charge in [0.25, 0.3) is 0 Å². The average molecular weight is 235 g/mol. The van der Waals surface area contributed by atoms with Gasteiger partial charge < -0.3 is 15.9 Å². The van der Waals surface area contributed by atoms with Crippen molar-refractivity contribution in [1.29, 1.82) is 0 Å². The number of aliphatic hydroxyl groups excluding tert-OH is 1. The number of hydrogen-bond acceptors (Lipinski definition) is 3. The van der Waals surface area contributed by atoms with Crippen molar-refractivity contribution >= 4 is 5.97 Å². The van der Waals surface area contributed by atoms with Crippen LogP contribution in [0.1, 0.15) is 35.6 Å². The molecular weight excluding hydrogens is 218 g/mol. The monoisotopic (exact) mass is 235 g/mol. The molecule has 1 aliphatic carbocycles. The highest BCUT2D eigenvalue weighted by Crippen LogP contribution is 2.29. The summed E-state index contributed by atoms with van der Waals surface area (Å²) in [6, 6.07) is 4.41. The maximum Gasteiger partial charge on any atom is 0.323 e. The van der Waals surface area contributed by atoms with E-state index >= 15 is 0 Å². The molecule has 0 bridgehead atoms. The number of carbonyl (C=O) groups is 1. The standard InChI is InChI=1S/C13H17NO3/c14-11(13(16)17)12(15)10-7-3-5-8-4-1-2-6-9(8)10/h3,5,7,11-12,15H,1-2,4,6,14H2,(H,16,17). The van der Waals surface area contributed by atoms with E-state index in [1.165, 1.54) is 5.56 Å². The van der Waals surface area contributed by atoms with Gasteiger partial charge in [0.2, 0.25) is 0 Å². The molecule has 0 saturated carbocycles. The highest BCUT2D eigenvalue weighted by molar-refractivity contribution is 5.74. The topological polar surface area (TPSA) is 83.6 Å². The summed E-state index contributed by atoms with van der Waals surface area (Å²) in [7, 11) is 0. The first-order valence-electron chi connectivity index (χ1n) is 5.88. The molecular formula is C13H17NO3. The Kier molecular flexibility index (Phi) is 3.45. The molecule has 1 aliphatic rings. The Balaban J connectivity index is 2.35. The molecule has 0 aromatic heterocycles. The van der Waals surface area contributed by atoms with Gasteiger partial charge in [-0.2, -0.15) is 0 Å². The van der Waals surface area contributed by atoms with E-state index in [1.807, 2.05) is 12.1 Å². The van der Waals surface area contributed by atoms with Gasteiger partial charge >= 0.3 is 5.97 Å². The second kappa shape index (κ2) is 4.85. The van der Waals surface area contributed by atoms with Crippen LogP contribution in [-0.2, 0) is 17.6 Å². The minimum atomic E-state index is -1.26. The number of carboxylic acids is 1. The van der Waals surface area contributed by atoms with Gasteiger partial charge in [0.05, 0.1) is 0 Å². The maximum atomic E-state index is 10.8. The first kappa shape index (κ1) is 12.1. The van der Waals surface area contributed by atoms with Crippen LogP contribution in [0, 0.1) is 0 Å². The van der Waals surface area contributed by atoms with Crippen molar-refractivity contribution in [3.05, 3.63) is 34.9 Å². The molecule has 2 atom stereocenters. The molecule has 2 unspecified atom stereocenters. The molecule has 0 radical (unpaired) electrons. The molecule has 92 valence electrons. The number of aliphatic carboxylic acids is 1. The van der Waals surface area contributed by atoms with E-state index in [-0.39, 0.29) is 0 Å². The maximum absolute atomic E-state index is 10.8. The zero-order valence-electron chi connectivity index (χ0n) is 9.60. The van der Waals surface area contributed by atoms with Crippen LogP contribution in [0.3, 0.4) is 0 Å². The molecule has 17 heavy (non-hydrogen) atoms. The molecule has 0 heterocycles. The van der Waals surface area contributed by atoms with Crippen LogP contribution >= 0.6 is 0 Å². The van der Waals surface area contributed by atoms with Crippen LogP contribution in [0.15, 0.2) is 18.2 Å². The van der Waals surface area contributed by atoms with Gasteiger partial charge in [0, 0.05) is 0 Å². The van der Waals surface area contributed by atoms with Crippen molar-refractivity contribution in [1.82, 2.24) is 0 Å². The number of rotatable bonds is 3. The highest BCUT2D eigenvalue weighted by Gasteiger charge is 2.26. The predicted octanol–water partition coefficient (Wildman–Crippen LogP) is 1.01. The lowest BCUT2D eigenvalue weighted by atomic mass is 9.85. The Labute approximate surface area is 100 Å². The molecule has 2 rings (SSSR count). The van der Waals surface area contributed by atoms with Crippen molar-refractivity contribution in [2.75, 3.05) is 0 Å². The molecule has 0 saturated heterocycles. The fourth-order valence-corrected chi connectivity index (χ4v) is 2.42. The number of carboxylic acid groups (broad SMARTS) is 1. The van der Waals surface area contributed by atoms with E-state index < -0.39 is 18.1 Å². The van der Waals surface area contributed by atoms with Gasteiger partial charge in [0.15, 0.2) is 0 Å². The van der Waals surface area contributed by atoms with Gasteiger partial charge in [-0.05, 0) is 42.4 Å². The van der Waals surface area contributed by atoms with Crippen LogP contribution in [-0.4, -0.2) is 22.2 Å². The third-order valence-corrected chi connectivity index (χ3v) is 3.38. The zero-order chi connectivity index (χ0) is 12.4. The lowest BCUT2D eigenvalue weighted by Crippen LogP contribution is -2.37. The molecule has 4 heteroatoms. The minimum absolute atomic E-state index is 0.678. The summed E-state index contributed by atoms with van der Waals surface area (Å²) >= 11 is 0. The number of nitrogens with two attached hydrogens (primary N) is 1. The molecule has 4 nitrogen and oxygen atoms in total. The fourth-order valence-electron chi connectivity index (χ4n) is 2.42. The molecule has 0 aliphatic heterocycles. The lowest BCUT2D eigenvalue weighted by Gasteiger charge is -2.23. The Morgan fingerprint density at radius 2 is 2.00 bits per heavy atom. The Bertz CT molecular complexity index is 431. The number of aryl methyl sites for hydroxylation is 1. The first-order chi connectivity index (χ1) is 8.11. The van der Waals surface area contributed by atoms with Gasteiger partial charge in [0.1, 0.15) is 12.1 Å². The van der Waals surface area contributed by atoms with Gasteiger partial charge in [-0.25, -0.2) is 0 Å². The summed E-state index contributed by atoms with van der Waals surface area (Å²) < 4.78 is 0. The minimum Gasteiger partial charge on any atom is -0.480 e. The van der Waals surface area contributed by atoms with Gasteiger partial charge in [-0.3, -0.25) is 4.79 Å². The average Bonchev–Trinajstić information content (AvgIpc) is 2.36. The van der Waals surface area contributed by atoms with Crippen molar-refractivity contribution in [2.45, 2.75) is 37.8 Å². The summed E-state index contributed by atoms with van der Waals surface area (Å²) in [6.45, 7) is 0. The summed E-state index contributed by atoms with van der Waals surface area (Å²) in [4.78, 5) is 10.8. The molecule has 4 N–H and O–H groups in total. The smallest absolute Gasteiger partial charge is 0.323 e. The van der Waals surface area contributed by atoms with Crippen molar-refractivity contribution < 1.29 is 15.0 Å². The number of benzene rings is 1. The van der Waals surface area contributed by atoms with Crippen molar-refractivity contribution in [2.24, 2.45) is 5.73 Å². The van der Waals surface area contributed by atoms with Crippen LogP contribution in [0.25, 0.3) is 0 Å². The third-order valence-electron chi connectivity index (χ3n) is 3.38. The zero-order valence-corrected chi connectivity index (χ0v) is 9.60. The van der Waals surface area contributed by atoms with Crippen LogP contribution in [0.2, 0.25) is 0 Å². The molecule has 1 aromatic rings. The van der Waals surface area contributed by atoms with E-state index in [4.69, 9.17) is 10.8 Å². The Hall–Kier alpha value is -1.39. The van der Waals surface area contributed by atoms with Crippen LogP contribution in [0.5, 0.6) is 0 Å². The summed E-state index contributed by atoms with van der Waals surface area (Å²) in [6.07, 6.45) is 3.00. The second-order valence-electron chi connectivity index (χ2n) is 4.50. The van der Waals surface area contributed by atoms with E-state index in [1.54, 1.807) is 6.07 Å². The summed E-state index contributed by atoms with van der Waals surface area (Å²) in [5.74, 6) is -1.18. The lowest BCUT2D eigenvalue weighted by molar-refractivity contribution is -0.141. The van der Waals surface area contributed by atoms with Crippen molar-refractivity contribution in [3.8, 4) is 0 Å². The van der Waals surface area contributed by atoms with E-state index in [9.17, 15) is 9.90 Å². The Morgan fingerprint density at radius 3 is 2.71 bits per heavy atom. The molecule has 0 fully saturated rings. The number of hydrogen-bond donors (Lipinski definition) is 3. The Morgan fingerprint density at radius 1 is 1.29 bits per heavy atom. The molecule has 1 aromatic carbocycles. The van der Waals surface area contributed by atoms with E-state index in [0.29, 0.717) is 5.56 Å². The predicted molar refractivity (Wildman–Crippen MR) is 63.7 cm³/mol. The largest absolute Gasteiger partial charge is 0.480 e.